The summed E-state index contributed by atoms with van der Waals surface area (Å²) in [5.74, 6) is -0.718. The zero-order valence-electron chi connectivity index (χ0n) is 18.5. The number of aromatic nitrogens is 3. The molecule has 0 saturated heterocycles. The molecule has 1 atom stereocenters. The first-order valence-corrected chi connectivity index (χ1v) is 11.1. The molecule has 32 heavy (non-hydrogen) atoms. The zero-order valence-corrected chi connectivity index (χ0v) is 19.3. The van der Waals surface area contributed by atoms with Crippen LogP contribution >= 0.6 is 11.8 Å². The third-order valence-corrected chi connectivity index (χ3v) is 6.62. The number of anilines is 1. The molecule has 0 spiro atoms. The lowest BCUT2D eigenvalue weighted by atomic mass is 10.1. The first kappa shape index (κ1) is 23.5. The first-order valence-electron chi connectivity index (χ1n) is 10.3. The van der Waals surface area contributed by atoms with Crippen LogP contribution in [-0.4, -0.2) is 31.8 Å². The van der Waals surface area contributed by atoms with Gasteiger partial charge in [0.2, 0.25) is 5.91 Å². The molecule has 0 unspecified atom stereocenters. The van der Waals surface area contributed by atoms with Gasteiger partial charge in [-0.25, -0.2) is 4.39 Å². The van der Waals surface area contributed by atoms with Gasteiger partial charge in [-0.3, -0.25) is 9.59 Å². The molecule has 2 N–H and O–H groups in total. The van der Waals surface area contributed by atoms with Gasteiger partial charge >= 0.3 is 0 Å². The monoisotopic (exact) mass is 455 g/mol. The number of hydrogen-bond donors (Lipinski definition) is 2. The van der Waals surface area contributed by atoms with Crippen LogP contribution in [0.15, 0.2) is 47.6 Å². The van der Waals surface area contributed by atoms with E-state index in [0.717, 1.165) is 16.8 Å². The number of carbonyl (C=O) groups is 2. The number of nitrogens with zero attached hydrogens (tertiary/aromatic N) is 3. The van der Waals surface area contributed by atoms with E-state index in [9.17, 15) is 14.0 Å². The number of aryl methyl sites for hydroxylation is 1. The minimum absolute atomic E-state index is 0.0292. The Morgan fingerprint density at radius 1 is 1.12 bits per heavy atom. The van der Waals surface area contributed by atoms with E-state index < -0.39 is 11.7 Å². The van der Waals surface area contributed by atoms with Crippen LogP contribution in [-0.2, 0) is 18.4 Å². The molecule has 0 radical (unpaired) electrons. The Bertz CT molecular complexity index is 1130. The van der Waals surface area contributed by atoms with E-state index in [1.807, 2.05) is 39.0 Å². The Kier molecular flexibility index (Phi) is 7.63. The van der Waals surface area contributed by atoms with Gasteiger partial charge in [0.15, 0.2) is 11.0 Å². The van der Waals surface area contributed by atoms with Crippen LogP contribution in [0.4, 0.5) is 10.1 Å². The van der Waals surface area contributed by atoms with Crippen LogP contribution < -0.4 is 10.6 Å². The second kappa shape index (κ2) is 10.4. The van der Waals surface area contributed by atoms with Gasteiger partial charge in [-0.2, -0.15) is 0 Å². The van der Waals surface area contributed by atoms with Gasteiger partial charge in [-0.15, -0.1) is 10.2 Å². The van der Waals surface area contributed by atoms with E-state index in [0.29, 0.717) is 17.4 Å². The van der Waals surface area contributed by atoms with E-state index >= 15 is 0 Å². The molecule has 9 heteroatoms. The van der Waals surface area contributed by atoms with Crippen molar-refractivity contribution in [2.24, 2.45) is 7.05 Å². The molecule has 0 fully saturated rings. The molecular weight excluding hydrogens is 429 g/mol. The first-order chi connectivity index (χ1) is 15.3. The van der Waals surface area contributed by atoms with Crippen LogP contribution in [0.3, 0.4) is 0 Å². The molecule has 0 bridgehead atoms. The van der Waals surface area contributed by atoms with Crippen molar-refractivity contribution in [1.29, 1.82) is 0 Å². The van der Waals surface area contributed by atoms with E-state index in [1.165, 1.54) is 30.0 Å². The smallest absolute Gasteiger partial charge is 0.254 e. The lowest BCUT2D eigenvalue weighted by molar-refractivity contribution is -0.115. The molecule has 3 rings (SSSR count). The Morgan fingerprint density at radius 3 is 2.59 bits per heavy atom. The summed E-state index contributed by atoms with van der Waals surface area (Å²) in [7, 11) is 1.77. The minimum atomic E-state index is -0.583. The molecule has 1 aromatic heterocycles. The molecule has 0 aliphatic carbocycles. The maximum Gasteiger partial charge on any atom is 0.254 e. The molecule has 7 nitrogen and oxygen atoms in total. The van der Waals surface area contributed by atoms with Crippen LogP contribution in [0, 0.1) is 19.7 Å². The predicted molar refractivity (Wildman–Crippen MR) is 123 cm³/mol. The normalized spacial score (nSPS) is 11.8. The lowest BCUT2D eigenvalue weighted by Gasteiger charge is -2.16. The van der Waals surface area contributed by atoms with Crippen LogP contribution in [0.2, 0.25) is 0 Å². The molecule has 3 aromatic rings. The maximum absolute atomic E-state index is 13.8. The molecule has 0 aliphatic rings. The summed E-state index contributed by atoms with van der Waals surface area (Å²) in [5.41, 5.74) is 2.91. The molecule has 0 aliphatic heterocycles. The average molecular weight is 456 g/mol. The second-order valence-electron chi connectivity index (χ2n) is 7.37. The summed E-state index contributed by atoms with van der Waals surface area (Å²) in [5, 5.41) is 14.1. The van der Waals surface area contributed by atoms with Gasteiger partial charge in [-0.1, -0.05) is 43.0 Å². The predicted octanol–water partition coefficient (Wildman–Crippen LogP) is 4.01. The Hall–Kier alpha value is -3.20. The number of hydrogen-bond acceptors (Lipinski definition) is 5. The molecule has 1 heterocycles. The van der Waals surface area contributed by atoms with E-state index in [4.69, 9.17) is 0 Å². The average Bonchev–Trinajstić information content (AvgIpc) is 3.12. The number of rotatable bonds is 8. The quantitative estimate of drug-likeness (QED) is 0.501. The minimum Gasteiger partial charge on any atom is -0.345 e. The largest absolute Gasteiger partial charge is 0.345 e. The molecular formula is C23H26FN5O2S. The summed E-state index contributed by atoms with van der Waals surface area (Å²) < 4.78 is 15.5. The van der Waals surface area contributed by atoms with Crippen molar-refractivity contribution in [3.05, 3.63) is 70.8 Å². The highest BCUT2D eigenvalue weighted by Crippen LogP contribution is 2.26. The summed E-state index contributed by atoms with van der Waals surface area (Å²) >= 11 is 1.31. The zero-order chi connectivity index (χ0) is 23.3. The Labute approximate surface area is 190 Å². The van der Waals surface area contributed by atoms with Crippen molar-refractivity contribution >= 4 is 29.3 Å². The summed E-state index contributed by atoms with van der Waals surface area (Å²) in [6.45, 7) is 6.00. The number of halogens is 1. The number of nitrogens with one attached hydrogen (secondary N) is 2. The van der Waals surface area contributed by atoms with Crippen LogP contribution in [0.5, 0.6) is 0 Å². The van der Waals surface area contributed by atoms with Gasteiger partial charge in [0.05, 0.1) is 17.4 Å². The van der Waals surface area contributed by atoms with Gasteiger partial charge in [0.1, 0.15) is 5.82 Å². The summed E-state index contributed by atoms with van der Waals surface area (Å²) in [6.07, 6.45) is 0.605. The highest BCUT2D eigenvalue weighted by Gasteiger charge is 2.22. The number of amides is 2. The highest BCUT2D eigenvalue weighted by atomic mass is 32.2. The lowest BCUT2D eigenvalue weighted by Crippen LogP contribution is -2.26. The van der Waals surface area contributed by atoms with Crippen molar-refractivity contribution in [3.63, 3.8) is 0 Å². The maximum atomic E-state index is 13.8. The Morgan fingerprint density at radius 2 is 1.88 bits per heavy atom. The van der Waals surface area contributed by atoms with Gasteiger partial charge in [0, 0.05) is 12.7 Å². The van der Waals surface area contributed by atoms with E-state index in [-0.39, 0.29) is 23.3 Å². The molecule has 0 saturated carbocycles. The van der Waals surface area contributed by atoms with Gasteiger partial charge < -0.3 is 15.2 Å². The van der Waals surface area contributed by atoms with Crippen molar-refractivity contribution in [2.45, 2.75) is 44.1 Å². The van der Waals surface area contributed by atoms with E-state index in [2.05, 4.69) is 20.8 Å². The standard InChI is InChI=1S/C23H26FN5O2S/c1-5-19(22(31)26-18-12-8-9-14(2)15(18)3)32-23-28-27-20(29(23)4)13-25-21(30)16-10-6-7-11-17(16)24/h6-12,19H,5,13H2,1-4H3,(H,25,30)(H,26,31)/t19-/m0/s1. The van der Waals surface area contributed by atoms with Crippen LogP contribution in [0.25, 0.3) is 0 Å². The third kappa shape index (κ3) is 5.34. The summed E-state index contributed by atoms with van der Waals surface area (Å²) in [6, 6.07) is 11.6. The van der Waals surface area contributed by atoms with Crippen molar-refractivity contribution < 1.29 is 14.0 Å². The fourth-order valence-electron chi connectivity index (χ4n) is 3.05. The molecule has 2 aromatic carbocycles. The summed E-state index contributed by atoms with van der Waals surface area (Å²) in [4.78, 5) is 25.1. The van der Waals surface area contributed by atoms with Gasteiger partial charge in [0.25, 0.3) is 5.91 Å². The van der Waals surface area contributed by atoms with Crippen LogP contribution in [0.1, 0.15) is 40.7 Å². The van der Waals surface area contributed by atoms with E-state index in [1.54, 1.807) is 17.7 Å². The SMILES string of the molecule is CC[C@H](Sc1nnc(CNC(=O)c2ccccc2F)n1C)C(=O)Nc1cccc(C)c1C. The number of carbonyl (C=O) groups excluding carboxylic acids is 2. The highest BCUT2D eigenvalue weighted by molar-refractivity contribution is 8.00. The fourth-order valence-corrected chi connectivity index (χ4v) is 3.99. The number of benzene rings is 2. The molecule has 2 amide bonds. The van der Waals surface area contributed by atoms with Crippen molar-refractivity contribution in [2.75, 3.05) is 5.32 Å². The van der Waals surface area contributed by atoms with Gasteiger partial charge in [-0.05, 0) is 49.6 Å². The van der Waals surface area contributed by atoms with Crippen molar-refractivity contribution in [3.8, 4) is 0 Å². The second-order valence-corrected chi connectivity index (χ2v) is 8.54. The third-order valence-electron chi connectivity index (χ3n) is 5.22. The van der Waals surface area contributed by atoms with Crippen molar-refractivity contribution in [1.82, 2.24) is 20.1 Å². The fraction of sp³-hybridized carbons (Fsp3) is 0.304. The molecule has 168 valence electrons. The Balaban J connectivity index is 1.64. The topological polar surface area (TPSA) is 88.9 Å². The number of thioether (sulfide) groups is 1.